The maximum absolute atomic E-state index is 12.2. The Balaban J connectivity index is 2.60. The monoisotopic (exact) mass is 398 g/mol. The summed E-state index contributed by atoms with van der Waals surface area (Å²) in [4.78, 5) is 35.2. The average molecular weight is 399 g/mol. The Bertz CT molecular complexity index is 621. The molecule has 1 rings (SSSR count). The smallest absolute Gasteiger partial charge is 0.312 e. The zero-order valence-corrected chi connectivity index (χ0v) is 15.6. The topological polar surface area (TPSA) is 113 Å². The van der Waals surface area contributed by atoms with Gasteiger partial charge in [0.2, 0.25) is 11.8 Å². The van der Waals surface area contributed by atoms with E-state index >= 15 is 0 Å². The first-order valence-electron chi connectivity index (χ1n) is 7.64. The summed E-state index contributed by atoms with van der Waals surface area (Å²) in [6.45, 7) is 5.40. The molecule has 7 nitrogen and oxygen atoms in total. The molecule has 1 aromatic rings. The number of aryl methyl sites for hydroxylation is 1. The number of benzene rings is 1. The molecule has 0 saturated heterocycles. The normalized spacial score (nSPS) is 12.8. The van der Waals surface area contributed by atoms with E-state index in [9.17, 15) is 14.4 Å². The molecule has 5 N–H and O–H groups in total. The summed E-state index contributed by atoms with van der Waals surface area (Å²) >= 11 is 3.35. The molecule has 0 spiro atoms. The minimum absolute atomic E-state index is 0.103. The zero-order valence-electron chi connectivity index (χ0n) is 14.0. The van der Waals surface area contributed by atoms with Crippen molar-refractivity contribution in [2.45, 2.75) is 33.2 Å². The molecule has 0 heterocycles. The molecule has 0 fully saturated rings. The number of carbonyl (C=O) groups excluding carboxylic acids is 3. The van der Waals surface area contributed by atoms with Crippen LogP contribution in [0.2, 0.25) is 0 Å². The van der Waals surface area contributed by atoms with Crippen molar-refractivity contribution in [1.29, 1.82) is 0 Å². The van der Waals surface area contributed by atoms with Crippen molar-refractivity contribution in [3.05, 3.63) is 28.2 Å². The summed E-state index contributed by atoms with van der Waals surface area (Å²) in [7, 11) is 0. The summed E-state index contributed by atoms with van der Waals surface area (Å²) in [6, 6.07) is 3.93. The number of hydrogen-bond acceptors (Lipinski definition) is 3. The summed E-state index contributed by atoms with van der Waals surface area (Å²) in [5.41, 5.74) is 6.67. The molecule has 0 saturated carbocycles. The fourth-order valence-corrected chi connectivity index (χ4v) is 2.57. The number of hydrogen-bond donors (Lipinski definition) is 4. The van der Waals surface area contributed by atoms with Gasteiger partial charge in [-0.2, -0.15) is 0 Å². The van der Waals surface area contributed by atoms with E-state index in [1.165, 1.54) is 0 Å². The van der Waals surface area contributed by atoms with Gasteiger partial charge in [-0.15, -0.1) is 0 Å². The Labute approximate surface area is 149 Å². The number of halogens is 1. The number of carbonyl (C=O) groups is 3. The van der Waals surface area contributed by atoms with E-state index in [1.54, 1.807) is 6.07 Å². The molecule has 1 aromatic carbocycles. The van der Waals surface area contributed by atoms with E-state index in [-0.39, 0.29) is 18.4 Å². The lowest BCUT2D eigenvalue weighted by atomic mass is 9.98. The molecule has 0 aliphatic heterocycles. The van der Waals surface area contributed by atoms with E-state index in [1.807, 2.05) is 32.9 Å². The van der Waals surface area contributed by atoms with Crippen LogP contribution >= 0.6 is 15.9 Å². The van der Waals surface area contributed by atoms with Gasteiger partial charge >= 0.3 is 6.03 Å². The standard InChI is InChI=1S/C16H23BrN4O3/c1-4-9(2)14(21-16(18)24)15(23)19-8-13(22)20-12-6-5-11(17)7-10(12)3/h5-7,9,14H,4,8H2,1-3H3,(H,19,23)(H,20,22)(H3,18,21,24). The third-order valence-corrected chi connectivity index (χ3v) is 4.17. The van der Waals surface area contributed by atoms with E-state index in [2.05, 4.69) is 31.9 Å². The van der Waals surface area contributed by atoms with E-state index in [0.717, 1.165) is 10.0 Å². The number of amides is 4. The third kappa shape index (κ3) is 6.19. The lowest BCUT2D eigenvalue weighted by Crippen LogP contribution is -2.52. The molecule has 2 atom stereocenters. The van der Waals surface area contributed by atoms with Gasteiger partial charge in [-0.1, -0.05) is 36.2 Å². The average Bonchev–Trinajstić information content (AvgIpc) is 2.52. The molecule has 4 amide bonds. The Morgan fingerprint density at radius 3 is 2.50 bits per heavy atom. The van der Waals surface area contributed by atoms with Crippen LogP contribution in [0, 0.1) is 12.8 Å². The van der Waals surface area contributed by atoms with Crippen molar-refractivity contribution in [3.8, 4) is 0 Å². The number of nitrogens with one attached hydrogen (secondary N) is 3. The molecule has 0 bridgehead atoms. The van der Waals surface area contributed by atoms with Crippen molar-refractivity contribution in [1.82, 2.24) is 10.6 Å². The van der Waals surface area contributed by atoms with Gasteiger partial charge in [0, 0.05) is 10.2 Å². The van der Waals surface area contributed by atoms with Crippen LogP contribution in [0.3, 0.4) is 0 Å². The first-order valence-corrected chi connectivity index (χ1v) is 8.43. The van der Waals surface area contributed by atoms with Crippen molar-refractivity contribution in [2.75, 3.05) is 11.9 Å². The predicted molar refractivity (Wildman–Crippen MR) is 96.5 cm³/mol. The Hall–Kier alpha value is -2.09. The lowest BCUT2D eigenvalue weighted by Gasteiger charge is -2.22. The number of rotatable bonds is 7. The van der Waals surface area contributed by atoms with Crippen LogP contribution in [0.15, 0.2) is 22.7 Å². The second kappa shape index (κ2) is 9.27. The highest BCUT2D eigenvalue weighted by Gasteiger charge is 2.25. The number of urea groups is 1. The van der Waals surface area contributed by atoms with Crippen molar-refractivity contribution in [3.63, 3.8) is 0 Å². The van der Waals surface area contributed by atoms with Crippen LogP contribution in [-0.4, -0.2) is 30.4 Å². The summed E-state index contributed by atoms with van der Waals surface area (Å²) < 4.78 is 0.917. The first kappa shape index (κ1) is 20.0. The highest BCUT2D eigenvalue weighted by atomic mass is 79.9. The highest BCUT2D eigenvalue weighted by molar-refractivity contribution is 9.10. The number of anilines is 1. The fraction of sp³-hybridized carbons (Fsp3) is 0.438. The Morgan fingerprint density at radius 2 is 1.96 bits per heavy atom. The first-order chi connectivity index (χ1) is 11.2. The van der Waals surface area contributed by atoms with Gasteiger partial charge in [-0.05, 0) is 36.6 Å². The molecule has 0 aliphatic rings. The van der Waals surface area contributed by atoms with Gasteiger partial charge < -0.3 is 21.7 Å². The Kier molecular flexibility index (Phi) is 7.70. The van der Waals surface area contributed by atoms with Crippen LogP contribution in [-0.2, 0) is 9.59 Å². The summed E-state index contributed by atoms with van der Waals surface area (Å²) in [5.74, 6) is -0.893. The van der Waals surface area contributed by atoms with Gasteiger partial charge in [0.1, 0.15) is 6.04 Å². The maximum atomic E-state index is 12.2. The van der Waals surface area contributed by atoms with Gasteiger partial charge in [-0.3, -0.25) is 9.59 Å². The van der Waals surface area contributed by atoms with Crippen molar-refractivity contribution in [2.24, 2.45) is 11.7 Å². The minimum Gasteiger partial charge on any atom is -0.352 e. The van der Waals surface area contributed by atoms with Gasteiger partial charge in [-0.25, -0.2) is 4.79 Å². The maximum Gasteiger partial charge on any atom is 0.312 e. The second-order valence-corrected chi connectivity index (χ2v) is 6.51. The third-order valence-electron chi connectivity index (χ3n) is 3.68. The second-order valence-electron chi connectivity index (χ2n) is 5.60. The van der Waals surface area contributed by atoms with Crippen LogP contribution in [0.25, 0.3) is 0 Å². The van der Waals surface area contributed by atoms with Crippen LogP contribution < -0.4 is 21.7 Å². The van der Waals surface area contributed by atoms with E-state index in [4.69, 9.17) is 5.73 Å². The molecular formula is C16H23BrN4O3. The SMILES string of the molecule is CCC(C)C(NC(N)=O)C(=O)NCC(=O)Nc1ccc(Br)cc1C. The van der Waals surface area contributed by atoms with Crippen molar-refractivity contribution < 1.29 is 14.4 Å². The highest BCUT2D eigenvalue weighted by Crippen LogP contribution is 2.19. The molecule has 132 valence electrons. The minimum atomic E-state index is -0.773. The van der Waals surface area contributed by atoms with Crippen molar-refractivity contribution >= 4 is 39.5 Å². The molecule has 0 radical (unpaired) electrons. The summed E-state index contributed by atoms with van der Waals surface area (Å²) in [6.07, 6.45) is 0.683. The van der Waals surface area contributed by atoms with Gasteiger partial charge in [0.05, 0.1) is 6.54 Å². The van der Waals surface area contributed by atoms with Gasteiger partial charge in [0.15, 0.2) is 0 Å². The zero-order chi connectivity index (χ0) is 18.3. The molecule has 2 unspecified atom stereocenters. The number of primary amides is 1. The molecule has 0 aliphatic carbocycles. The Morgan fingerprint density at radius 1 is 1.29 bits per heavy atom. The fourth-order valence-electron chi connectivity index (χ4n) is 2.09. The molecule has 0 aromatic heterocycles. The quantitative estimate of drug-likeness (QED) is 0.562. The molecular weight excluding hydrogens is 376 g/mol. The summed E-state index contributed by atoms with van der Waals surface area (Å²) in [5, 5.41) is 7.66. The predicted octanol–water partition coefficient (Wildman–Crippen LogP) is 1.90. The largest absolute Gasteiger partial charge is 0.352 e. The van der Waals surface area contributed by atoms with E-state index in [0.29, 0.717) is 12.1 Å². The van der Waals surface area contributed by atoms with Crippen LogP contribution in [0.4, 0.5) is 10.5 Å². The number of nitrogens with two attached hydrogens (primary N) is 1. The molecule has 8 heteroatoms. The van der Waals surface area contributed by atoms with E-state index < -0.39 is 18.0 Å². The van der Waals surface area contributed by atoms with Crippen LogP contribution in [0.5, 0.6) is 0 Å². The molecule has 24 heavy (non-hydrogen) atoms. The lowest BCUT2D eigenvalue weighted by molar-refractivity contribution is -0.126. The van der Waals surface area contributed by atoms with Gasteiger partial charge in [0.25, 0.3) is 0 Å². The van der Waals surface area contributed by atoms with Crippen LogP contribution in [0.1, 0.15) is 25.8 Å².